The van der Waals surface area contributed by atoms with E-state index in [9.17, 15) is 4.79 Å². The van der Waals surface area contributed by atoms with Gasteiger partial charge >= 0.3 is 5.97 Å². The van der Waals surface area contributed by atoms with E-state index in [1.807, 2.05) is 0 Å². The Morgan fingerprint density at radius 2 is 1.08 bits per heavy atom. The van der Waals surface area contributed by atoms with Crippen molar-refractivity contribution in [2.75, 3.05) is 19.8 Å². The molecule has 0 aliphatic rings. The molecule has 0 bridgehead atoms. The zero-order valence-corrected chi connectivity index (χ0v) is 17.0. The second-order valence-electron chi connectivity index (χ2n) is 7.12. The first kappa shape index (κ1) is 24.2. The van der Waals surface area contributed by atoms with E-state index in [1.165, 1.54) is 77.0 Å². The van der Waals surface area contributed by atoms with E-state index < -0.39 is 0 Å². The van der Waals surface area contributed by atoms with Gasteiger partial charge in [-0.05, 0) is 26.2 Å². The fourth-order valence-corrected chi connectivity index (χ4v) is 2.74. The van der Waals surface area contributed by atoms with Crippen LogP contribution in [0.4, 0.5) is 0 Å². The van der Waals surface area contributed by atoms with Crippen LogP contribution in [0.2, 0.25) is 0 Å². The van der Waals surface area contributed by atoms with Gasteiger partial charge in [0.15, 0.2) is 0 Å². The maximum absolute atomic E-state index is 11.2. The maximum atomic E-state index is 11.2. The highest BCUT2D eigenvalue weighted by molar-refractivity contribution is 5.86. The fourth-order valence-electron chi connectivity index (χ4n) is 2.74. The van der Waals surface area contributed by atoms with Crippen LogP contribution in [0.1, 0.15) is 104 Å². The maximum Gasteiger partial charge on any atom is 0.333 e. The first-order valence-electron chi connectivity index (χ1n) is 10.6. The predicted octanol–water partition coefficient (Wildman–Crippen LogP) is 6.60. The normalized spacial score (nSPS) is 10.8. The van der Waals surface area contributed by atoms with Gasteiger partial charge in [-0.3, -0.25) is 0 Å². The quantitative estimate of drug-likeness (QED) is 0.149. The van der Waals surface area contributed by atoms with E-state index in [0.29, 0.717) is 12.2 Å². The van der Waals surface area contributed by atoms with Gasteiger partial charge in [-0.1, -0.05) is 84.1 Å². The lowest BCUT2D eigenvalue weighted by atomic mass is 10.1. The number of rotatable bonds is 19. The van der Waals surface area contributed by atoms with Crippen molar-refractivity contribution < 1.29 is 14.3 Å². The Bertz CT molecular complexity index is 312. The van der Waals surface area contributed by atoms with E-state index >= 15 is 0 Å². The molecule has 0 radical (unpaired) electrons. The van der Waals surface area contributed by atoms with Gasteiger partial charge in [-0.15, -0.1) is 0 Å². The molecule has 0 N–H and O–H groups in total. The molecule has 148 valence electrons. The Kier molecular flexibility index (Phi) is 18.8. The smallest absolute Gasteiger partial charge is 0.333 e. The number of carbonyl (C=O) groups is 1. The number of esters is 1. The molecular weight excluding hydrogens is 312 g/mol. The van der Waals surface area contributed by atoms with Crippen LogP contribution in [0.3, 0.4) is 0 Å². The molecule has 0 saturated heterocycles. The first-order chi connectivity index (χ1) is 12.2. The molecule has 0 aliphatic carbocycles. The summed E-state index contributed by atoms with van der Waals surface area (Å²) in [6, 6.07) is 0. The van der Waals surface area contributed by atoms with Gasteiger partial charge in [-0.2, -0.15) is 0 Å². The minimum Gasteiger partial charge on any atom is -0.462 e. The van der Waals surface area contributed by atoms with Crippen LogP contribution in [0, 0.1) is 0 Å². The zero-order chi connectivity index (χ0) is 18.6. The molecule has 0 unspecified atom stereocenters. The molecule has 3 nitrogen and oxygen atoms in total. The van der Waals surface area contributed by atoms with Crippen molar-refractivity contribution >= 4 is 5.97 Å². The molecule has 0 aromatic heterocycles. The third-order valence-corrected chi connectivity index (χ3v) is 4.41. The summed E-state index contributed by atoms with van der Waals surface area (Å²) in [6.45, 7) is 9.93. The van der Waals surface area contributed by atoms with Gasteiger partial charge in [-0.25, -0.2) is 4.79 Å². The molecule has 0 aromatic rings. The topological polar surface area (TPSA) is 35.5 Å². The Hall–Kier alpha value is -0.830. The van der Waals surface area contributed by atoms with Crippen LogP contribution >= 0.6 is 0 Å². The van der Waals surface area contributed by atoms with Gasteiger partial charge in [0.2, 0.25) is 0 Å². The van der Waals surface area contributed by atoms with Gasteiger partial charge < -0.3 is 9.47 Å². The molecule has 0 atom stereocenters. The number of unbranched alkanes of at least 4 members (excludes halogenated alkanes) is 12. The lowest BCUT2D eigenvalue weighted by Gasteiger charge is -2.05. The van der Waals surface area contributed by atoms with E-state index in [2.05, 4.69) is 13.5 Å². The Morgan fingerprint density at radius 1 is 0.680 bits per heavy atom. The van der Waals surface area contributed by atoms with Crippen LogP contribution in [0.5, 0.6) is 0 Å². The molecule has 0 aliphatic heterocycles. The summed E-state index contributed by atoms with van der Waals surface area (Å²) < 4.78 is 10.7. The molecule has 0 aromatic carbocycles. The summed E-state index contributed by atoms with van der Waals surface area (Å²) in [6.07, 6.45) is 17.8. The van der Waals surface area contributed by atoms with Crippen molar-refractivity contribution in [3.63, 3.8) is 0 Å². The predicted molar refractivity (Wildman–Crippen MR) is 107 cm³/mol. The zero-order valence-electron chi connectivity index (χ0n) is 17.0. The molecule has 0 heterocycles. The number of ether oxygens (including phenoxy) is 2. The summed E-state index contributed by atoms with van der Waals surface area (Å²) in [5.41, 5.74) is 0.485. The number of hydrogen-bond acceptors (Lipinski definition) is 3. The molecule has 0 spiro atoms. The molecular formula is C22H42O3. The van der Waals surface area contributed by atoms with E-state index in [4.69, 9.17) is 9.47 Å². The molecule has 3 heteroatoms. The molecule has 0 amide bonds. The average molecular weight is 355 g/mol. The highest BCUT2D eigenvalue weighted by Gasteiger charge is 2.01. The lowest BCUT2D eigenvalue weighted by molar-refractivity contribution is -0.139. The highest BCUT2D eigenvalue weighted by atomic mass is 16.5. The molecule has 0 rings (SSSR count). The third kappa shape index (κ3) is 19.3. The van der Waals surface area contributed by atoms with Crippen molar-refractivity contribution in [1.82, 2.24) is 0 Å². The first-order valence-corrected chi connectivity index (χ1v) is 10.6. The van der Waals surface area contributed by atoms with Crippen molar-refractivity contribution in [1.29, 1.82) is 0 Å². The Morgan fingerprint density at radius 3 is 1.52 bits per heavy atom. The van der Waals surface area contributed by atoms with Crippen LogP contribution in [0.15, 0.2) is 12.2 Å². The summed E-state index contributed by atoms with van der Waals surface area (Å²) in [5, 5.41) is 0. The second kappa shape index (κ2) is 19.5. The molecule has 0 fully saturated rings. The van der Waals surface area contributed by atoms with E-state index in [1.54, 1.807) is 6.92 Å². The summed E-state index contributed by atoms with van der Waals surface area (Å²) >= 11 is 0. The SMILES string of the molecule is C=C(C)C(=O)OCCCCCCCCCCCCOCCCCCC. The second-order valence-corrected chi connectivity index (χ2v) is 7.12. The third-order valence-electron chi connectivity index (χ3n) is 4.41. The van der Waals surface area contributed by atoms with Crippen LogP contribution < -0.4 is 0 Å². The summed E-state index contributed by atoms with van der Waals surface area (Å²) in [4.78, 5) is 11.2. The van der Waals surface area contributed by atoms with Gasteiger partial charge in [0.05, 0.1) is 6.61 Å². The highest BCUT2D eigenvalue weighted by Crippen LogP contribution is 2.11. The standard InChI is InChI=1S/C22H42O3/c1-4-5-6-15-18-24-19-16-13-11-9-7-8-10-12-14-17-20-25-22(23)21(2)3/h2,4-20H2,1,3H3. The minimum atomic E-state index is -0.262. The lowest BCUT2D eigenvalue weighted by Crippen LogP contribution is -2.05. The number of hydrogen-bond donors (Lipinski definition) is 0. The average Bonchev–Trinajstić information content (AvgIpc) is 2.60. The van der Waals surface area contributed by atoms with Crippen LogP contribution in [-0.2, 0) is 14.3 Å². The van der Waals surface area contributed by atoms with Crippen molar-refractivity contribution in [3.8, 4) is 0 Å². The summed E-state index contributed by atoms with van der Waals surface area (Å²) in [5.74, 6) is -0.262. The molecule has 0 saturated carbocycles. The monoisotopic (exact) mass is 354 g/mol. The molecule has 25 heavy (non-hydrogen) atoms. The van der Waals surface area contributed by atoms with Crippen LogP contribution in [-0.4, -0.2) is 25.8 Å². The van der Waals surface area contributed by atoms with Crippen LogP contribution in [0.25, 0.3) is 0 Å². The minimum absolute atomic E-state index is 0.262. The van der Waals surface area contributed by atoms with Gasteiger partial charge in [0.1, 0.15) is 0 Å². The van der Waals surface area contributed by atoms with Gasteiger partial charge in [0, 0.05) is 18.8 Å². The number of carbonyl (C=O) groups excluding carboxylic acids is 1. The Labute approximate surface area is 156 Å². The Balaban J connectivity index is 3.05. The van der Waals surface area contributed by atoms with Crippen molar-refractivity contribution in [2.45, 2.75) is 104 Å². The van der Waals surface area contributed by atoms with Crippen molar-refractivity contribution in [3.05, 3.63) is 12.2 Å². The van der Waals surface area contributed by atoms with E-state index in [0.717, 1.165) is 26.1 Å². The van der Waals surface area contributed by atoms with Crippen molar-refractivity contribution in [2.24, 2.45) is 0 Å². The summed E-state index contributed by atoms with van der Waals surface area (Å²) in [7, 11) is 0. The fraction of sp³-hybridized carbons (Fsp3) is 0.864. The van der Waals surface area contributed by atoms with E-state index in [-0.39, 0.29) is 5.97 Å². The van der Waals surface area contributed by atoms with Gasteiger partial charge in [0.25, 0.3) is 0 Å². The largest absolute Gasteiger partial charge is 0.462 e.